The molecule has 3 heterocycles. The van der Waals surface area contributed by atoms with Crippen LogP contribution in [-0.4, -0.2) is 33.4 Å². The molecule has 0 bridgehead atoms. The van der Waals surface area contributed by atoms with Crippen molar-refractivity contribution in [1.29, 1.82) is 0 Å². The molecule has 3 aromatic rings. The minimum Gasteiger partial charge on any atom is -0.363 e. The molecule has 19 heavy (non-hydrogen) atoms. The van der Waals surface area contributed by atoms with Crippen molar-refractivity contribution in [2.24, 2.45) is 0 Å². The molecular formula is C13H12IN5. The maximum Gasteiger partial charge on any atom is 0.140 e. The van der Waals surface area contributed by atoms with Crippen LogP contribution in [0.15, 0.2) is 37.1 Å². The fourth-order valence-electron chi connectivity index (χ4n) is 1.83. The van der Waals surface area contributed by atoms with E-state index in [1.54, 1.807) is 12.5 Å². The molecule has 3 rings (SSSR count). The lowest BCUT2D eigenvalue weighted by Crippen LogP contribution is -2.10. The Labute approximate surface area is 124 Å². The summed E-state index contributed by atoms with van der Waals surface area (Å²) >= 11 is 2.32. The Kier molecular flexibility index (Phi) is 3.09. The summed E-state index contributed by atoms with van der Waals surface area (Å²) in [4.78, 5) is 15.1. The molecule has 0 fully saturated rings. The van der Waals surface area contributed by atoms with Gasteiger partial charge in [0.1, 0.15) is 17.8 Å². The Balaban J connectivity index is 2.11. The highest BCUT2D eigenvalue weighted by Gasteiger charge is 2.10. The van der Waals surface area contributed by atoms with Gasteiger partial charge in [-0.05, 0) is 34.7 Å². The number of nitrogens with zero attached hydrogens (tertiary/aromatic N) is 5. The fraction of sp³-hybridized carbons (Fsp3) is 0.154. The Morgan fingerprint density at radius 1 is 1.32 bits per heavy atom. The minimum absolute atomic E-state index is 0.887. The molecular weight excluding hydrogens is 353 g/mol. The van der Waals surface area contributed by atoms with Crippen molar-refractivity contribution < 1.29 is 0 Å². The molecule has 0 aliphatic rings. The minimum atomic E-state index is 0.887. The van der Waals surface area contributed by atoms with Crippen LogP contribution in [0.25, 0.3) is 16.9 Å². The first-order valence-electron chi connectivity index (χ1n) is 5.77. The monoisotopic (exact) mass is 365 g/mol. The molecule has 96 valence electrons. The molecule has 0 saturated carbocycles. The van der Waals surface area contributed by atoms with Gasteiger partial charge in [0.25, 0.3) is 0 Å². The number of hydrogen-bond acceptors (Lipinski definition) is 4. The van der Waals surface area contributed by atoms with E-state index in [1.165, 1.54) is 0 Å². The summed E-state index contributed by atoms with van der Waals surface area (Å²) < 4.78 is 3.04. The molecule has 0 aromatic carbocycles. The second-order valence-electron chi connectivity index (χ2n) is 4.39. The van der Waals surface area contributed by atoms with Gasteiger partial charge in [0.15, 0.2) is 0 Å². The predicted molar refractivity (Wildman–Crippen MR) is 83.3 cm³/mol. The van der Waals surface area contributed by atoms with Crippen molar-refractivity contribution in [3.8, 4) is 11.3 Å². The summed E-state index contributed by atoms with van der Waals surface area (Å²) in [5, 5.41) is 0. The second-order valence-corrected chi connectivity index (χ2v) is 5.55. The van der Waals surface area contributed by atoms with E-state index in [0.29, 0.717) is 0 Å². The highest BCUT2D eigenvalue weighted by Crippen LogP contribution is 2.26. The maximum absolute atomic E-state index is 4.58. The van der Waals surface area contributed by atoms with Crippen LogP contribution in [0.1, 0.15) is 0 Å². The summed E-state index contributed by atoms with van der Waals surface area (Å²) in [6.45, 7) is 0. The number of rotatable bonds is 2. The third-order valence-electron chi connectivity index (χ3n) is 2.83. The molecule has 0 aliphatic carbocycles. The van der Waals surface area contributed by atoms with Crippen molar-refractivity contribution in [3.05, 3.63) is 40.6 Å². The number of hydrogen-bond donors (Lipinski definition) is 0. The zero-order chi connectivity index (χ0) is 13.4. The lowest BCUT2D eigenvalue weighted by Gasteiger charge is -2.12. The van der Waals surface area contributed by atoms with E-state index >= 15 is 0 Å². The van der Waals surface area contributed by atoms with Crippen molar-refractivity contribution in [2.75, 3.05) is 19.0 Å². The van der Waals surface area contributed by atoms with Gasteiger partial charge in [0.05, 0.1) is 5.69 Å². The number of aromatic nitrogens is 4. The predicted octanol–water partition coefficient (Wildman–Crippen LogP) is 2.46. The molecule has 5 nitrogen and oxygen atoms in total. The van der Waals surface area contributed by atoms with Crippen LogP contribution >= 0.6 is 22.6 Å². The van der Waals surface area contributed by atoms with Gasteiger partial charge in [0.2, 0.25) is 0 Å². The summed E-state index contributed by atoms with van der Waals surface area (Å²) in [5.74, 6) is 0.943. The largest absolute Gasteiger partial charge is 0.363 e. The van der Waals surface area contributed by atoms with E-state index in [-0.39, 0.29) is 0 Å². The first-order chi connectivity index (χ1) is 9.15. The van der Waals surface area contributed by atoms with Crippen molar-refractivity contribution >= 4 is 34.1 Å². The standard InChI is InChI=1S/C13H12IN5/c1-18(2)13-5-10(14)9(6-16-13)11-7-19-8-15-4-3-12(19)17-11/h3-8H,1-2H3. The van der Waals surface area contributed by atoms with Crippen molar-refractivity contribution in [1.82, 2.24) is 19.4 Å². The lowest BCUT2D eigenvalue weighted by atomic mass is 10.2. The molecule has 0 unspecified atom stereocenters. The van der Waals surface area contributed by atoms with Gasteiger partial charge in [-0.3, -0.25) is 4.40 Å². The smallest absolute Gasteiger partial charge is 0.140 e. The van der Waals surface area contributed by atoms with Crippen LogP contribution in [0, 0.1) is 3.57 Å². The summed E-state index contributed by atoms with van der Waals surface area (Å²) in [6.07, 6.45) is 7.33. The molecule has 0 atom stereocenters. The first-order valence-corrected chi connectivity index (χ1v) is 6.85. The van der Waals surface area contributed by atoms with Crippen LogP contribution < -0.4 is 4.90 Å². The number of pyridine rings is 1. The summed E-state index contributed by atoms with van der Waals surface area (Å²) in [7, 11) is 3.96. The van der Waals surface area contributed by atoms with Gasteiger partial charge >= 0.3 is 0 Å². The van der Waals surface area contributed by atoms with Crippen molar-refractivity contribution in [2.45, 2.75) is 0 Å². The molecule has 3 aromatic heterocycles. The zero-order valence-corrected chi connectivity index (χ0v) is 12.7. The van der Waals surface area contributed by atoms with Gasteiger partial charge in [0, 0.05) is 41.8 Å². The van der Waals surface area contributed by atoms with Crippen molar-refractivity contribution in [3.63, 3.8) is 0 Å². The normalized spacial score (nSPS) is 10.9. The number of anilines is 1. The second kappa shape index (κ2) is 4.76. The van der Waals surface area contributed by atoms with Crippen LogP contribution in [0.3, 0.4) is 0 Å². The Bertz CT molecular complexity index is 702. The number of fused-ring (bicyclic) bond motifs is 1. The highest BCUT2D eigenvalue weighted by atomic mass is 127. The topological polar surface area (TPSA) is 46.3 Å². The van der Waals surface area contributed by atoms with E-state index in [0.717, 1.165) is 26.3 Å². The average molecular weight is 365 g/mol. The molecule has 0 aliphatic heterocycles. The third-order valence-corrected chi connectivity index (χ3v) is 3.73. The molecule has 0 N–H and O–H groups in total. The zero-order valence-electron chi connectivity index (χ0n) is 10.6. The van der Waals surface area contributed by atoms with Gasteiger partial charge < -0.3 is 4.90 Å². The van der Waals surface area contributed by atoms with Gasteiger partial charge in [-0.25, -0.2) is 15.0 Å². The quantitative estimate of drug-likeness (QED) is 0.655. The maximum atomic E-state index is 4.58. The summed E-state index contributed by atoms with van der Waals surface area (Å²) in [6, 6.07) is 3.94. The van der Waals surface area contributed by atoms with Gasteiger partial charge in [-0.2, -0.15) is 0 Å². The Hall–Kier alpha value is -1.70. The van der Waals surface area contributed by atoms with E-state index < -0.39 is 0 Å². The Morgan fingerprint density at radius 3 is 2.84 bits per heavy atom. The van der Waals surface area contributed by atoms with Crippen LogP contribution in [0.4, 0.5) is 5.82 Å². The lowest BCUT2D eigenvalue weighted by molar-refractivity contribution is 1.06. The molecule has 6 heteroatoms. The Morgan fingerprint density at radius 2 is 2.16 bits per heavy atom. The molecule has 0 spiro atoms. The number of imidazole rings is 1. The van der Waals surface area contributed by atoms with Crippen LogP contribution in [0.5, 0.6) is 0 Å². The molecule has 0 amide bonds. The SMILES string of the molecule is CN(C)c1cc(I)c(-c2cn3cnccc3n2)cn1. The van der Waals surface area contributed by atoms with Gasteiger partial charge in [-0.1, -0.05) is 0 Å². The average Bonchev–Trinajstić information content (AvgIpc) is 2.81. The number of halogens is 1. The van der Waals surface area contributed by atoms with Crippen LogP contribution in [0.2, 0.25) is 0 Å². The van der Waals surface area contributed by atoms with Gasteiger partial charge in [-0.15, -0.1) is 0 Å². The molecule has 0 saturated heterocycles. The summed E-state index contributed by atoms with van der Waals surface area (Å²) in [5.41, 5.74) is 2.84. The van der Waals surface area contributed by atoms with E-state index in [9.17, 15) is 0 Å². The van der Waals surface area contributed by atoms with E-state index in [2.05, 4.69) is 43.6 Å². The van der Waals surface area contributed by atoms with E-state index in [1.807, 2.05) is 41.9 Å². The molecule has 0 radical (unpaired) electrons. The van der Waals surface area contributed by atoms with Crippen LogP contribution in [-0.2, 0) is 0 Å². The highest BCUT2D eigenvalue weighted by molar-refractivity contribution is 14.1. The third kappa shape index (κ3) is 2.27. The first kappa shape index (κ1) is 12.3. The fourth-order valence-corrected chi connectivity index (χ4v) is 2.52. The van der Waals surface area contributed by atoms with E-state index in [4.69, 9.17) is 0 Å².